The Hall–Kier alpha value is -1.16. The molecule has 7 atom stereocenters. The smallest absolute Gasteiger partial charge is 0.303 e. The third-order valence-corrected chi connectivity index (χ3v) is 8.62. The Morgan fingerprint density at radius 2 is 1.96 bits per heavy atom. The van der Waals surface area contributed by atoms with Gasteiger partial charge in [0.05, 0.1) is 0 Å². The molecule has 0 aromatic heterocycles. The van der Waals surface area contributed by atoms with Gasteiger partial charge in [-0.2, -0.15) is 0 Å². The summed E-state index contributed by atoms with van der Waals surface area (Å²) in [4.78, 5) is 23.2. The molecule has 4 nitrogen and oxygen atoms in total. The third-order valence-electron chi connectivity index (χ3n) is 8.62. The number of carboxylic acids is 1. The molecule has 3 fully saturated rings. The van der Waals surface area contributed by atoms with Crippen LogP contribution in [0, 0.1) is 34.5 Å². The minimum absolute atomic E-state index is 0.0531. The Morgan fingerprint density at radius 1 is 1.20 bits per heavy atom. The summed E-state index contributed by atoms with van der Waals surface area (Å²) in [6.07, 6.45) is 8.22. The number of ketones is 1. The van der Waals surface area contributed by atoms with Gasteiger partial charge >= 0.3 is 5.97 Å². The van der Waals surface area contributed by atoms with Crippen LogP contribution >= 0.6 is 0 Å². The molecule has 2 N–H and O–H groups in total. The molecule has 0 bridgehead atoms. The van der Waals surface area contributed by atoms with Crippen molar-refractivity contribution in [2.24, 2.45) is 34.5 Å². The molecule has 0 aromatic carbocycles. The monoisotopic (exact) mass is 346 g/mol. The van der Waals surface area contributed by atoms with E-state index in [-0.39, 0.29) is 16.6 Å². The number of fused-ring (bicyclic) bond motifs is 5. The van der Waals surface area contributed by atoms with Crippen LogP contribution in [-0.2, 0) is 9.59 Å². The Labute approximate surface area is 149 Å². The van der Waals surface area contributed by atoms with Crippen LogP contribution in [0.4, 0.5) is 0 Å². The van der Waals surface area contributed by atoms with E-state index >= 15 is 0 Å². The summed E-state index contributed by atoms with van der Waals surface area (Å²) >= 11 is 0. The molecule has 4 heteroatoms. The summed E-state index contributed by atoms with van der Waals surface area (Å²) in [6.45, 7) is 4.60. The predicted molar refractivity (Wildman–Crippen MR) is 93.8 cm³/mol. The largest absolute Gasteiger partial charge is 0.481 e. The summed E-state index contributed by atoms with van der Waals surface area (Å²) in [6, 6.07) is 0. The molecule has 0 spiro atoms. The zero-order valence-corrected chi connectivity index (χ0v) is 15.3. The third kappa shape index (κ3) is 2.43. The van der Waals surface area contributed by atoms with Gasteiger partial charge in [0.15, 0.2) is 5.78 Å². The first-order chi connectivity index (χ1) is 11.8. The highest BCUT2D eigenvalue weighted by molar-refractivity contribution is 5.95. The standard InChI is InChI=1S/C21H30O4/c1-20-8-7-16-14(15(20)6-4-13(20)10-19(24)25)5-3-12-9-17(22)18(23)11-21(12,16)2/h9,13-16,18,23H,3-8,10-11H2,1-2H3,(H,24,25)/t13?,14-,15-,16-,18?,20+,21-/m0/s1. The number of hydrogen-bond acceptors (Lipinski definition) is 3. The fraction of sp³-hybridized carbons (Fsp3) is 0.810. The molecular formula is C21H30O4. The van der Waals surface area contributed by atoms with Gasteiger partial charge in [0.1, 0.15) is 6.10 Å². The van der Waals surface area contributed by atoms with Crippen molar-refractivity contribution in [3.8, 4) is 0 Å². The molecule has 0 aliphatic heterocycles. The van der Waals surface area contributed by atoms with Crippen molar-refractivity contribution in [2.75, 3.05) is 0 Å². The quantitative estimate of drug-likeness (QED) is 0.801. The number of carbonyl (C=O) groups is 2. The molecule has 0 amide bonds. The highest BCUT2D eigenvalue weighted by Crippen LogP contribution is 2.66. The molecule has 0 radical (unpaired) electrons. The van der Waals surface area contributed by atoms with Crippen LogP contribution in [0.3, 0.4) is 0 Å². The van der Waals surface area contributed by atoms with Crippen molar-refractivity contribution in [3.05, 3.63) is 11.6 Å². The van der Waals surface area contributed by atoms with Crippen molar-refractivity contribution in [1.29, 1.82) is 0 Å². The number of allylic oxidation sites excluding steroid dienone is 1. The van der Waals surface area contributed by atoms with Crippen molar-refractivity contribution in [2.45, 2.75) is 71.3 Å². The van der Waals surface area contributed by atoms with Gasteiger partial charge in [-0.15, -0.1) is 0 Å². The van der Waals surface area contributed by atoms with Crippen LogP contribution in [0.2, 0.25) is 0 Å². The first kappa shape index (κ1) is 17.3. The summed E-state index contributed by atoms with van der Waals surface area (Å²) in [5.41, 5.74) is 1.36. The van der Waals surface area contributed by atoms with E-state index in [1.165, 1.54) is 5.57 Å². The minimum Gasteiger partial charge on any atom is -0.481 e. The highest BCUT2D eigenvalue weighted by Gasteiger charge is 2.59. The van der Waals surface area contributed by atoms with Crippen LogP contribution in [0.15, 0.2) is 11.6 Å². The molecule has 4 aliphatic carbocycles. The normalized spacial score (nSPS) is 49.0. The van der Waals surface area contributed by atoms with Crippen LogP contribution in [0.1, 0.15) is 65.2 Å². The second-order valence-corrected chi connectivity index (χ2v) is 9.54. The van der Waals surface area contributed by atoms with E-state index in [2.05, 4.69) is 13.8 Å². The topological polar surface area (TPSA) is 74.6 Å². The second kappa shape index (κ2) is 5.67. The number of hydrogen-bond donors (Lipinski definition) is 2. The predicted octanol–water partition coefficient (Wildman–Crippen LogP) is 3.58. The minimum atomic E-state index is -0.843. The van der Waals surface area contributed by atoms with E-state index < -0.39 is 12.1 Å². The first-order valence-electron chi connectivity index (χ1n) is 9.90. The Balaban J connectivity index is 1.63. The second-order valence-electron chi connectivity index (χ2n) is 9.54. The van der Waals surface area contributed by atoms with Crippen molar-refractivity contribution < 1.29 is 19.8 Å². The average Bonchev–Trinajstić information content (AvgIpc) is 2.85. The molecule has 0 heterocycles. The molecule has 0 saturated heterocycles. The van der Waals surface area contributed by atoms with E-state index in [1.54, 1.807) is 6.08 Å². The summed E-state index contributed by atoms with van der Waals surface area (Å²) in [7, 11) is 0. The Morgan fingerprint density at radius 3 is 2.68 bits per heavy atom. The highest BCUT2D eigenvalue weighted by atomic mass is 16.4. The molecule has 2 unspecified atom stereocenters. The summed E-state index contributed by atoms with van der Waals surface area (Å²) < 4.78 is 0. The lowest BCUT2D eigenvalue weighted by Gasteiger charge is -2.58. The SMILES string of the molecule is C[C@]12CC(O)C(=O)C=C1CC[C@@H]1[C@@H]2CC[C@]2(C)C(CC(=O)O)CC[C@@H]12. The zero-order chi connectivity index (χ0) is 18.0. The Bertz CT molecular complexity index is 638. The lowest BCUT2D eigenvalue weighted by Crippen LogP contribution is -2.52. The number of aliphatic hydroxyl groups excluding tert-OH is 1. The van der Waals surface area contributed by atoms with E-state index in [1.807, 2.05) is 0 Å². The van der Waals surface area contributed by atoms with Gasteiger partial charge in [0.25, 0.3) is 0 Å². The van der Waals surface area contributed by atoms with E-state index in [0.29, 0.717) is 36.5 Å². The van der Waals surface area contributed by atoms with Gasteiger partial charge in [-0.05, 0) is 85.5 Å². The van der Waals surface area contributed by atoms with Gasteiger partial charge in [-0.25, -0.2) is 0 Å². The van der Waals surface area contributed by atoms with Gasteiger partial charge in [-0.3, -0.25) is 9.59 Å². The van der Waals surface area contributed by atoms with Crippen molar-refractivity contribution in [3.63, 3.8) is 0 Å². The fourth-order valence-electron chi connectivity index (χ4n) is 7.27. The van der Waals surface area contributed by atoms with Crippen molar-refractivity contribution in [1.82, 2.24) is 0 Å². The number of carboxylic acid groups (broad SMARTS) is 1. The Kier molecular flexibility index (Phi) is 3.91. The van der Waals surface area contributed by atoms with Crippen LogP contribution in [0.25, 0.3) is 0 Å². The summed E-state index contributed by atoms with van der Waals surface area (Å²) in [5, 5.41) is 19.5. The van der Waals surface area contributed by atoms with Gasteiger partial charge in [0.2, 0.25) is 0 Å². The molecular weight excluding hydrogens is 316 g/mol. The van der Waals surface area contributed by atoms with Gasteiger partial charge in [-0.1, -0.05) is 19.4 Å². The zero-order valence-electron chi connectivity index (χ0n) is 15.3. The van der Waals surface area contributed by atoms with Crippen LogP contribution in [-0.4, -0.2) is 28.1 Å². The van der Waals surface area contributed by atoms with Gasteiger partial charge in [0, 0.05) is 6.42 Å². The molecule has 138 valence electrons. The van der Waals surface area contributed by atoms with E-state index in [4.69, 9.17) is 0 Å². The maximum Gasteiger partial charge on any atom is 0.303 e. The maximum absolute atomic E-state index is 11.9. The lowest BCUT2D eigenvalue weighted by atomic mass is 9.46. The molecule has 3 saturated carbocycles. The van der Waals surface area contributed by atoms with Gasteiger partial charge < -0.3 is 10.2 Å². The fourth-order valence-corrected chi connectivity index (χ4v) is 7.27. The van der Waals surface area contributed by atoms with E-state index in [0.717, 1.165) is 38.5 Å². The average molecular weight is 346 g/mol. The van der Waals surface area contributed by atoms with Crippen molar-refractivity contribution >= 4 is 11.8 Å². The van der Waals surface area contributed by atoms with Crippen LogP contribution < -0.4 is 0 Å². The maximum atomic E-state index is 11.9. The first-order valence-corrected chi connectivity index (χ1v) is 9.90. The molecule has 25 heavy (non-hydrogen) atoms. The lowest BCUT2D eigenvalue weighted by molar-refractivity contribution is -0.140. The number of aliphatic hydroxyl groups is 1. The number of aliphatic carboxylic acids is 1. The molecule has 4 aliphatic rings. The number of rotatable bonds is 2. The molecule has 4 rings (SSSR count). The van der Waals surface area contributed by atoms with E-state index in [9.17, 15) is 19.8 Å². The number of carbonyl (C=O) groups excluding carboxylic acids is 1. The summed E-state index contributed by atoms with van der Waals surface area (Å²) in [5.74, 6) is 1.26. The van der Waals surface area contributed by atoms with Crippen LogP contribution in [0.5, 0.6) is 0 Å². The molecule has 0 aromatic rings.